The smallest absolute Gasteiger partial charge is 0.146 e. The quantitative estimate of drug-likeness (QED) is 0.809. The van der Waals surface area contributed by atoms with Crippen molar-refractivity contribution in [2.45, 2.75) is 31.8 Å². The van der Waals surface area contributed by atoms with Crippen molar-refractivity contribution in [1.29, 1.82) is 0 Å². The van der Waals surface area contributed by atoms with Crippen LogP contribution in [0.1, 0.15) is 25.7 Å². The molecular weight excluding hydrogens is 331 g/mol. The van der Waals surface area contributed by atoms with Crippen molar-refractivity contribution in [2.24, 2.45) is 17.8 Å². The van der Waals surface area contributed by atoms with E-state index in [9.17, 15) is 9.50 Å². The number of benzene rings is 1. The van der Waals surface area contributed by atoms with E-state index in [1.807, 2.05) is 12.1 Å². The van der Waals surface area contributed by atoms with E-state index in [2.05, 4.69) is 9.80 Å². The van der Waals surface area contributed by atoms with Gasteiger partial charge in [0.1, 0.15) is 5.82 Å². The number of fused-ring (bicyclic) bond motifs is 2. The molecule has 26 heavy (non-hydrogen) atoms. The van der Waals surface area contributed by atoms with Gasteiger partial charge in [0.25, 0.3) is 0 Å². The zero-order valence-corrected chi connectivity index (χ0v) is 15.5. The zero-order valence-electron chi connectivity index (χ0n) is 15.5. The molecule has 0 unspecified atom stereocenters. The van der Waals surface area contributed by atoms with Crippen molar-refractivity contribution in [3.63, 3.8) is 0 Å². The Morgan fingerprint density at radius 2 is 1.92 bits per heavy atom. The van der Waals surface area contributed by atoms with Crippen molar-refractivity contribution >= 4 is 5.69 Å². The van der Waals surface area contributed by atoms with Crippen LogP contribution in [0.5, 0.6) is 0 Å². The third kappa shape index (κ3) is 4.21. The first-order valence-electron chi connectivity index (χ1n) is 10.2. The van der Waals surface area contributed by atoms with Crippen LogP contribution in [0, 0.1) is 23.6 Å². The van der Waals surface area contributed by atoms with Crippen molar-refractivity contribution < 1.29 is 14.2 Å². The van der Waals surface area contributed by atoms with Gasteiger partial charge in [-0.3, -0.25) is 4.90 Å². The van der Waals surface area contributed by atoms with Gasteiger partial charge in [0, 0.05) is 39.3 Å². The van der Waals surface area contributed by atoms with Gasteiger partial charge >= 0.3 is 0 Å². The summed E-state index contributed by atoms with van der Waals surface area (Å²) in [6.07, 6.45) is 5.10. The maximum atomic E-state index is 13.9. The molecule has 0 spiro atoms. The van der Waals surface area contributed by atoms with Crippen LogP contribution in [0.3, 0.4) is 0 Å². The average Bonchev–Trinajstić information content (AvgIpc) is 3.26. The van der Waals surface area contributed by atoms with Crippen LogP contribution in [-0.2, 0) is 4.74 Å². The lowest BCUT2D eigenvalue weighted by Gasteiger charge is -2.37. The van der Waals surface area contributed by atoms with Gasteiger partial charge in [-0.25, -0.2) is 4.39 Å². The van der Waals surface area contributed by atoms with Gasteiger partial charge in [-0.1, -0.05) is 18.6 Å². The molecule has 3 fully saturated rings. The standard InChI is InChI=1S/C21H31FN2O2/c22-20-3-1-2-4-21(20)24-9-7-23(8-10-24)13-19(25)15-26-14-18-12-16-5-6-17(18)11-16/h1-4,16-19,25H,5-15H2/t16-,17-,18+,19+/m0/s1. The second-order valence-electron chi connectivity index (χ2n) is 8.37. The fourth-order valence-corrected chi connectivity index (χ4v) is 5.17. The summed E-state index contributed by atoms with van der Waals surface area (Å²) in [5.41, 5.74) is 0.682. The van der Waals surface area contributed by atoms with Crippen LogP contribution in [0.15, 0.2) is 24.3 Å². The van der Waals surface area contributed by atoms with Crippen LogP contribution in [0.25, 0.3) is 0 Å². The Labute approximate surface area is 155 Å². The molecule has 0 aromatic heterocycles. The molecule has 1 heterocycles. The van der Waals surface area contributed by atoms with Crippen LogP contribution in [0.2, 0.25) is 0 Å². The minimum absolute atomic E-state index is 0.157. The minimum atomic E-state index is -0.436. The molecule has 1 saturated heterocycles. The number of piperazine rings is 1. The summed E-state index contributed by atoms with van der Waals surface area (Å²) < 4.78 is 19.7. The van der Waals surface area contributed by atoms with Crippen LogP contribution in [-0.4, -0.2) is 62.0 Å². The van der Waals surface area contributed by atoms with Crippen molar-refractivity contribution in [3.8, 4) is 0 Å². The van der Waals surface area contributed by atoms with E-state index in [4.69, 9.17) is 4.74 Å². The largest absolute Gasteiger partial charge is 0.389 e. The molecule has 144 valence electrons. The van der Waals surface area contributed by atoms with E-state index in [-0.39, 0.29) is 5.82 Å². The second kappa shape index (κ2) is 8.24. The molecule has 4 rings (SSSR count). The molecule has 2 bridgehead atoms. The Balaban J connectivity index is 1.14. The second-order valence-corrected chi connectivity index (χ2v) is 8.37. The maximum Gasteiger partial charge on any atom is 0.146 e. The topological polar surface area (TPSA) is 35.9 Å². The van der Waals surface area contributed by atoms with Gasteiger partial charge in [-0.05, 0) is 49.1 Å². The predicted molar refractivity (Wildman–Crippen MR) is 101 cm³/mol. The number of rotatable bonds is 7. The lowest BCUT2D eigenvalue weighted by atomic mass is 9.90. The normalized spacial score (nSPS) is 30.1. The van der Waals surface area contributed by atoms with Crippen LogP contribution in [0.4, 0.5) is 10.1 Å². The number of para-hydroxylation sites is 1. The molecule has 1 aromatic carbocycles. The summed E-state index contributed by atoms with van der Waals surface area (Å²) in [4.78, 5) is 4.34. The van der Waals surface area contributed by atoms with Gasteiger partial charge in [0.2, 0.25) is 0 Å². The first-order chi connectivity index (χ1) is 12.7. The molecule has 1 N–H and O–H groups in total. The van der Waals surface area contributed by atoms with Crippen LogP contribution >= 0.6 is 0 Å². The summed E-state index contributed by atoms with van der Waals surface area (Å²) in [7, 11) is 0. The first kappa shape index (κ1) is 18.2. The number of anilines is 1. The molecular formula is C21H31FN2O2. The number of ether oxygens (including phenoxy) is 1. The summed E-state index contributed by atoms with van der Waals surface area (Å²) in [5, 5.41) is 10.3. The highest BCUT2D eigenvalue weighted by Crippen LogP contribution is 2.48. The monoisotopic (exact) mass is 362 g/mol. The molecule has 1 aromatic rings. The molecule has 3 aliphatic rings. The average molecular weight is 362 g/mol. The Morgan fingerprint density at radius 3 is 2.62 bits per heavy atom. The molecule has 0 radical (unpaired) electrons. The fraction of sp³-hybridized carbons (Fsp3) is 0.714. The number of aliphatic hydroxyl groups excluding tert-OH is 1. The number of hydrogen-bond acceptors (Lipinski definition) is 4. The number of β-amino-alcohol motifs (C(OH)–C–C–N with tert-alkyl or cyclic N) is 1. The van der Waals surface area contributed by atoms with E-state index in [1.54, 1.807) is 6.07 Å². The molecule has 5 heteroatoms. The number of hydrogen-bond donors (Lipinski definition) is 1. The first-order valence-corrected chi connectivity index (χ1v) is 10.2. The minimum Gasteiger partial charge on any atom is -0.389 e. The molecule has 2 saturated carbocycles. The highest BCUT2D eigenvalue weighted by atomic mass is 19.1. The van der Waals surface area contributed by atoms with Gasteiger partial charge < -0.3 is 14.7 Å². The van der Waals surface area contributed by atoms with Crippen molar-refractivity contribution in [1.82, 2.24) is 4.90 Å². The van der Waals surface area contributed by atoms with Crippen LogP contribution < -0.4 is 4.90 Å². The summed E-state index contributed by atoms with van der Waals surface area (Å²) in [5.74, 6) is 2.40. The fourth-order valence-electron chi connectivity index (χ4n) is 5.17. The molecule has 4 atom stereocenters. The van der Waals surface area contributed by atoms with E-state index < -0.39 is 6.10 Å². The highest BCUT2D eigenvalue weighted by Gasteiger charge is 2.39. The van der Waals surface area contributed by atoms with Crippen molar-refractivity contribution in [2.75, 3.05) is 50.8 Å². The number of nitrogens with zero attached hydrogens (tertiary/aromatic N) is 2. The van der Waals surface area contributed by atoms with Gasteiger partial charge in [0.15, 0.2) is 0 Å². The molecule has 1 aliphatic heterocycles. The molecule has 2 aliphatic carbocycles. The van der Waals surface area contributed by atoms with Gasteiger partial charge in [-0.15, -0.1) is 0 Å². The summed E-state index contributed by atoms with van der Waals surface area (Å²) >= 11 is 0. The lowest BCUT2D eigenvalue weighted by molar-refractivity contribution is -0.00275. The highest BCUT2D eigenvalue weighted by molar-refractivity contribution is 5.47. The third-order valence-corrected chi connectivity index (χ3v) is 6.56. The Hall–Kier alpha value is -1.17. The number of halogens is 1. The Morgan fingerprint density at radius 1 is 1.12 bits per heavy atom. The summed E-state index contributed by atoms with van der Waals surface area (Å²) in [6, 6.07) is 6.95. The molecule has 0 amide bonds. The van der Waals surface area contributed by atoms with E-state index in [0.717, 1.165) is 50.5 Å². The number of aliphatic hydroxyl groups is 1. The Bertz CT molecular complexity index is 591. The van der Waals surface area contributed by atoms with Gasteiger partial charge in [-0.2, -0.15) is 0 Å². The van der Waals surface area contributed by atoms with Gasteiger partial charge in [0.05, 0.1) is 18.4 Å². The third-order valence-electron chi connectivity index (χ3n) is 6.56. The van der Waals surface area contributed by atoms with E-state index >= 15 is 0 Å². The van der Waals surface area contributed by atoms with E-state index in [1.165, 1.54) is 31.7 Å². The SMILES string of the molecule is O[C@@H](COC[C@H]1C[C@H]2CC[C@H]1C2)CN1CCN(c2ccccc2F)CC1. The van der Waals surface area contributed by atoms with Crippen molar-refractivity contribution in [3.05, 3.63) is 30.1 Å². The maximum absolute atomic E-state index is 13.9. The summed E-state index contributed by atoms with van der Waals surface area (Å²) in [6.45, 7) is 5.16. The molecule has 4 nitrogen and oxygen atoms in total. The zero-order chi connectivity index (χ0) is 17.9. The lowest BCUT2D eigenvalue weighted by Crippen LogP contribution is -2.49. The van der Waals surface area contributed by atoms with E-state index in [0.29, 0.717) is 18.8 Å². The Kier molecular flexibility index (Phi) is 5.77. The predicted octanol–water partition coefficient (Wildman–Crippen LogP) is 2.76.